The largest absolute Gasteiger partial charge is 0.449 e. The summed E-state index contributed by atoms with van der Waals surface area (Å²) in [6, 6.07) is 2.71. The monoisotopic (exact) mass is 122 g/mol. The predicted octanol–water partition coefficient (Wildman–Crippen LogP) is 0.195. The Hall–Kier alpha value is -1.38. The van der Waals surface area contributed by atoms with Crippen LogP contribution in [-0.4, -0.2) is 12.6 Å². The molecule has 0 N–H and O–H groups in total. The molecule has 3 heteroatoms. The summed E-state index contributed by atoms with van der Waals surface area (Å²) in [5.74, 6) is 0.0432. The Labute approximate surface area is 51.3 Å². The van der Waals surface area contributed by atoms with Crippen LogP contribution in [0.5, 0.6) is 0 Å². The summed E-state index contributed by atoms with van der Waals surface area (Å²) in [6.45, 7) is 0. The fourth-order valence-electron chi connectivity index (χ4n) is 0.448. The Morgan fingerprint density at radius 2 is 1.56 bits per heavy atom. The summed E-state index contributed by atoms with van der Waals surface area (Å²) in [5.41, 5.74) is 0. The van der Waals surface area contributed by atoms with Crippen LogP contribution in [0.2, 0.25) is 0 Å². The number of carbonyl (C=O) groups excluding carboxylic acids is 2. The first-order chi connectivity index (χ1) is 4.36. The predicted molar refractivity (Wildman–Crippen MR) is 28.3 cm³/mol. The van der Waals surface area contributed by atoms with Crippen LogP contribution in [0.15, 0.2) is 16.5 Å². The van der Waals surface area contributed by atoms with Gasteiger partial charge in [0.2, 0.25) is 0 Å². The smallest absolute Gasteiger partial charge is 0.271 e. The van der Waals surface area contributed by atoms with E-state index in [1.807, 2.05) is 0 Å². The van der Waals surface area contributed by atoms with E-state index in [0.717, 1.165) is 0 Å². The van der Waals surface area contributed by atoms with Gasteiger partial charge in [-0.15, -0.1) is 0 Å². The minimum Gasteiger partial charge on any atom is -0.449 e. The fraction of sp³-hybridized carbons (Fsp3) is 0. The second-order valence-corrected chi connectivity index (χ2v) is 1.37. The average Bonchev–Trinajstić information content (AvgIpc) is 2.34. The van der Waals surface area contributed by atoms with Crippen LogP contribution in [0, 0.1) is 0 Å². The highest BCUT2D eigenvalue weighted by molar-refractivity contribution is 5.76. The van der Waals surface area contributed by atoms with Gasteiger partial charge in [-0.3, -0.25) is 9.59 Å². The number of hydrogen-bond acceptors (Lipinski definition) is 3. The van der Waals surface area contributed by atoms with Gasteiger partial charge in [0.05, 0.1) is 0 Å². The summed E-state index contributed by atoms with van der Waals surface area (Å²) in [7, 11) is 0. The lowest BCUT2D eigenvalue weighted by atomic mass is 10.4. The Bertz CT molecular complexity index is 201. The Balaban J connectivity index is 2.98. The van der Waals surface area contributed by atoms with Gasteiger partial charge in [-0.1, -0.05) is 0 Å². The van der Waals surface area contributed by atoms with Crippen molar-refractivity contribution < 1.29 is 14.0 Å². The van der Waals surface area contributed by atoms with Gasteiger partial charge in [-0.25, -0.2) is 0 Å². The molecule has 0 bridgehead atoms. The quantitative estimate of drug-likeness (QED) is 0.562. The fourth-order valence-corrected chi connectivity index (χ4v) is 0.448. The van der Waals surface area contributed by atoms with Crippen molar-refractivity contribution in [2.24, 2.45) is 0 Å². The summed E-state index contributed by atoms with van der Waals surface area (Å²) in [5, 5.41) is 0. The maximum atomic E-state index is 9.79. The Morgan fingerprint density at radius 1 is 1.11 bits per heavy atom. The van der Waals surface area contributed by atoms with Crippen LogP contribution in [0.25, 0.3) is 0 Å². The van der Waals surface area contributed by atoms with Gasteiger partial charge in [-0.05, 0) is 12.1 Å². The average molecular weight is 122 g/mol. The summed E-state index contributed by atoms with van der Waals surface area (Å²) < 4.78 is 4.53. The SMILES string of the molecule is O=[C]c1ccc([C]=O)o1. The van der Waals surface area contributed by atoms with Gasteiger partial charge >= 0.3 is 0 Å². The Morgan fingerprint density at radius 3 is 1.78 bits per heavy atom. The van der Waals surface area contributed by atoms with Crippen molar-refractivity contribution in [1.29, 1.82) is 0 Å². The molecule has 0 atom stereocenters. The molecule has 0 aromatic carbocycles. The second kappa shape index (κ2) is 2.26. The first kappa shape index (κ1) is 5.75. The molecule has 0 saturated carbocycles. The molecule has 0 aliphatic carbocycles. The van der Waals surface area contributed by atoms with Crippen molar-refractivity contribution in [3.8, 4) is 0 Å². The minimum absolute atomic E-state index is 0.0216. The van der Waals surface area contributed by atoms with Gasteiger partial charge in [0.15, 0.2) is 11.5 Å². The van der Waals surface area contributed by atoms with Crippen LogP contribution >= 0.6 is 0 Å². The molecule has 0 saturated heterocycles. The van der Waals surface area contributed by atoms with E-state index in [-0.39, 0.29) is 11.5 Å². The highest BCUT2D eigenvalue weighted by Gasteiger charge is 1.98. The lowest BCUT2D eigenvalue weighted by Crippen LogP contribution is -1.71. The molecule has 1 heterocycles. The molecule has 1 aromatic rings. The summed E-state index contributed by atoms with van der Waals surface area (Å²) in [6.07, 6.45) is 2.97. The highest BCUT2D eigenvalue weighted by Crippen LogP contribution is 2.00. The molecule has 2 radical (unpaired) electrons. The second-order valence-electron chi connectivity index (χ2n) is 1.37. The van der Waals surface area contributed by atoms with Crippen molar-refractivity contribution in [3.63, 3.8) is 0 Å². The van der Waals surface area contributed by atoms with Gasteiger partial charge in [-0.2, -0.15) is 0 Å². The van der Waals surface area contributed by atoms with Crippen LogP contribution in [0.4, 0.5) is 0 Å². The van der Waals surface area contributed by atoms with Crippen molar-refractivity contribution in [2.45, 2.75) is 0 Å². The van der Waals surface area contributed by atoms with Crippen LogP contribution < -0.4 is 0 Å². The third-order valence-electron chi connectivity index (χ3n) is 0.807. The van der Waals surface area contributed by atoms with E-state index in [1.54, 1.807) is 0 Å². The molecule has 0 aliphatic rings. The molecule has 0 spiro atoms. The van der Waals surface area contributed by atoms with Gasteiger partial charge in [0, 0.05) is 0 Å². The van der Waals surface area contributed by atoms with Gasteiger partial charge in [0.25, 0.3) is 12.6 Å². The van der Waals surface area contributed by atoms with E-state index in [0.29, 0.717) is 0 Å². The molecule has 0 amide bonds. The van der Waals surface area contributed by atoms with E-state index >= 15 is 0 Å². The molecule has 3 nitrogen and oxygen atoms in total. The Kier molecular flexibility index (Phi) is 1.44. The summed E-state index contributed by atoms with van der Waals surface area (Å²) in [4.78, 5) is 19.6. The van der Waals surface area contributed by atoms with E-state index in [2.05, 4.69) is 4.42 Å². The maximum Gasteiger partial charge on any atom is 0.271 e. The topological polar surface area (TPSA) is 47.3 Å². The van der Waals surface area contributed by atoms with Crippen molar-refractivity contribution >= 4 is 12.6 Å². The minimum atomic E-state index is 0.0216. The zero-order valence-electron chi connectivity index (χ0n) is 4.38. The summed E-state index contributed by atoms with van der Waals surface area (Å²) >= 11 is 0. The van der Waals surface area contributed by atoms with Crippen molar-refractivity contribution in [1.82, 2.24) is 0 Å². The van der Waals surface area contributed by atoms with E-state index < -0.39 is 0 Å². The zero-order valence-corrected chi connectivity index (χ0v) is 4.38. The number of rotatable bonds is 2. The van der Waals surface area contributed by atoms with E-state index in [1.165, 1.54) is 24.7 Å². The molecule has 9 heavy (non-hydrogen) atoms. The molecule has 0 fully saturated rings. The van der Waals surface area contributed by atoms with E-state index in [4.69, 9.17) is 0 Å². The van der Waals surface area contributed by atoms with Gasteiger partial charge in [0.1, 0.15) is 0 Å². The van der Waals surface area contributed by atoms with Crippen molar-refractivity contribution in [2.75, 3.05) is 0 Å². The first-order valence-electron chi connectivity index (χ1n) is 2.23. The highest BCUT2D eigenvalue weighted by atomic mass is 16.4. The van der Waals surface area contributed by atoms with Crippen LogP contribution in [0.3, 0.4) is 0 Å². The first-order valence-corrected chi connectivity index (χ1v) is 2.23. The lowest BCUT2D eigenvalue weighted by molar-refractivity contribution is 0.498. The number of furan rings is 1. The standard InChI is InChI=1S/C6H2O3/c7-3-5-1-2-6(4-8)9-5/h1-2H. The third-order valence-corrected chi connectivity index (χ3v) is 0.807. The van der Waals surface area contributed by atoms with Crippen LogP contribution in [-0.2, 0) is 9.59 Å². The molecular weight excluding hydrogens is 120 g/mol. The normalized spacial score (nSPS) is 8.89. The molecule has 1 aromatic heterocycles. The van der Waals surface area contributed by atoms with Gasteiger partial charge < -0.3 is 4.42 Å². The molecule has 0 aliphatic heterocycles. The number of hydrogen-bond donors (Lipinski definition) is 0. The third kappa shape index (κ3) is 1.05. The maximum absolute atomic E-state index is 9.79. The van der Waals surface area contributed by atoms with Crippen molar-refractivity contribution in [3.05, 3.63) is 23.7 Å². The molecular formula is C6H2O3. The lowest BCUT2D eigenvalue weighted by Gasteiger charge is -1.73. The van der Waals surface area contributed by atoms with E-state index in [9.17, 15) is 9.59 Å². The zero-order chi connectivity index (χ0) is 6.69. The van der Waals surface area contributed by atoms with Crippen LogP contribution in [0.1, 0.15) is 11.5 Å². The molecule has 1 rings (SSSR count). The molecule has 0 unspecified atom stereocenters. The molecule has 44 valence electrons.